The summed E-state index contributed by atoms with van der Waals surface area (Å²) < 4.78 is 42.4. The van der Waals surface area contributed by atoms with Gasteiger partial charge < -0.3 is 20.7 Å². The van der Waals surface area contributed by atoms with Crippen LogP contribution in [0.5, 0.6) is 5.75 Å². The zero-order chi connectivity index (χ0) is 13.9. The van der Waals surface area contributed by atoms with Gasteiger partial charge in [0.05, 0.1) is 18.8 Å². The van der Waals surface area contributed by atoms with E-state index in [4.69, 9.17) is 5.73 Å². The van der Waals surface area contributed by atoms with Gasteiger partial charge in [-0.05, 0) is 17.7 Å². The molecule has 0 fully saturated rings. The Balaban J connectivity index is 3.13. The first-order valence-electron chi connectivity index (χ1n) is 5.12. The van der Waals surface area contributed by atoms with Crippen molar-refractivity contribution >= 4 is 0 Å². The van der Waals surface area contributed by atoms with Crippen molar-refractivity contribution in [3.05, 3.63) is 29.3 Å². The van der Waals surface area contributed by atoms with Crippen LogP contribution < -0.4 is 10.5 Å². The molecule has 0 radical (unpaired) electrons. The van der Waals surface area contributed by atoms with E-state index in [1.165, 1.54) is 0 Å². The fourth-order valence-electron chi connectivity index (χ4n) is 1.48. The molecule has 1 aromatic carbocycles. The number of aliphatic hydroxyl groups excluding tert-OH is 2. The lowest BCUT2D eigenvalue weighted by atomic mass is 10.0. The Morgan fingerprint density at radius 1 is 1.33 bits per heavy atom. The molecule has 4 nitrogen and oxygen atoms in total. The van der Waals surface area contributed by atoms with Gasteiger partial charge in [0, 0.05) is 6.54 Å². The maximum absolute atomic E-state index is 12.6. The first kappa shape index (κ1) is 14.7. The smallest absolute Gasteiger partial charge is 0.419 e. The van der Waals surface area contributed by atoms with Crippen LogP contribution in [-0.2, 0) is 6.18 Å². The Kier molecular flexibility index (Phi) is 4.55. The molecule has 2 unspecified atom stereocenters. The van der Waals surface area contributed by atoms with E-state index in [2.05, 4.69) is 4.74 Å². The molecule has 1 rings (SSSR count). The number of ether oxygens (including phenoxy) is 1. The van der Waals surface area contributed by atoms with Crippen LogP contribution in [0.1, 0.15) is 17.2 Å². The first-order valence-corrected chi connectivity index (χ1v) is 5.12. The monoisotopic (exact) mass is 265 g/mol. The molecule has 18 heavy (non-hydrogen) atoms. The van der Waals surface area contributed by atoms with Crippen molar-refractivity contribution in [2.24, 2.45) is 5.73 Å². The lowest BCUT2D eigenvalue weighted by Crippen LogP contribution is -2.27. The largest absolute Gasteiger partial charge is 0.496 e. The van der Waals surface area contributed by atoms with E-state index in [-0.39, 0.29) is 12.1 Å². The van der Waals surface area contributed by atoms with Crippen LogP contribution in [0.2, 0.25) is 0 Å². The molecular weight excluding hydrogens is 251 g/mol. The summed E-state index contributed by atoms with van der Waals surface area (Å²) in [6.07, 6.45) is -7.14. The normalized spacial score (nSPS) is 15.3. The molecule has 1 aromatic rings. The molecule has 0 spiro atoms. The maximum atomic E-state index is 12.6. The van der Waals surface area contributed by atoms with Gasteiger partial charge in [0.15, 0.2) is 0 Å². The molecule has 0 amide bonds. The Labute approximate surface area is 102 Å². The summed E-state index contributed by atoms with van der Waals surface area (Å²) in [5.41, 5.74) is 4.33. The van der Waals surface area contributed by atoms with Gasteiger partial charge in [-0.25, -0.2) is 0 Å². The van der Waals surface area contributed by atoms with Crippen LogP contribution in [0.3, 0.4) is 0 Å². The molecule has 0 saturated carbocycles. The number of methoxy groups -OCH3 is 1. The Hall–Kier alpha value is -1.31. The zero-order valence-electron chi connectivity index (χ0n) is 9.61. The van der Waals surface area contributed by atoms with Gasteiger partial charge in [-0.2, -0.15) is 13.2 Å². The average Bonchev–Trinajstić information content (AvgIpc) is 2.34. The van der Waals surface area contributed by atoms with Gasteiger partial charge in [-0.3, -0.25) is 0 Å². The van der Waals surface area contributed by atoms with Gasteiger partial charge in [0.1, 0.15) is 11.9 Å². The van der Waals surface area contributed by atoms with Crippen molar-refractivity contribution in [1.82, 2.24) is 0 Å². The molecule has 0 bridgehead atoms. The Morgan fingerprint density at radius 2 is 1.94 bits per heavy atom. The predicted octanol–water partition coefficient (Wildman–Crippen LogP) is 1.07. The highest BCUT2D eigenvalue weighted by Crippen LogP contribution is 2.37. The van der Waals surface area contributed by atoms with Crippen LogP contribution in [0, 0.1) is 0 Å². The average molecular weight is 265 g/mol. The lowest BCUT2D eigenvalue weighted by molar-refractivity contribution is -0.138. The minimum atomic E-state index is -4.54. The van der Waals surface area contributed by atoms with Crippen molar-refractivity contribution in [1.29, 1.82) is 0 Å². The summed E-state index contributed by atoms with van der Waals surface area (Å²) in [5.74, 6) is -0.414. The molecule has 0 aliphatic carbocycles. The van der Waals surface area contributed by atoms with E-state index in [9.17, 15) is 23.4 Å². The van der Waals surface area contributed by atoms with Crippen molar-refractivity contribution in [2.45, 2.75) is 18.4 Å². The van der Waals surface area contributed by atoms with Crippen molar-refractivity contribution in [3.8, 4) is 5.75 Å². The second kappa shape index (κ2) is 5.55. The summed E-state index contributed by atoms with van der Waals surface area (Å²) in [4.78, 5) is 0. The van der Waals surface area contributed by atoms with Gasteiger partial charge in [0.25, 0.3) is 0 Å². The number of halogens is 3. The van der Waals surface area contributed by atoms with E-state index >= 15 is 0 Å². The number of hydrogen-bond donors (Lipinski definition) is 3. The maximum Gasteiger partial charge on any atom is 0.419 e. The summed E-state index contributed by atoms with van der Waals surface area (Å²) in [5, 5.41) is 19.0. The molecule has 2 atom stereocenters. The molecule has 102 valence electrons. The quantitative estimate of drug-likeness (QED) is 0.761. The zero-order valence-corrected chi connectivity index (χ0v) is 9.61. The summed E-state index contributed by atoms with van der Waals surface area (Å²) in [6, 6.07) is 2.90. The second-order valence-electron chi connectivity index (χ2n) is 3.71. The predicted molar refractivity (Wildman–Crippen MR) is 58.0 cm³/mol. The van der Waals surface area contributed by atoms with Crippen LogP contribution in [0.15, 0.2) is 18.2 Å². The number of hydrogen-bond acceptors (Lipinski definition) is 4. The molecule has 0 saturated heterocycles. The Bertz CT molecular complexity index is 409. The van der Waals surface area contributed by atoms with Gasteiger partial charge in [0.2, 0.25) is 0 Å². The lowest BCUT2D eigenvalue weighted by Gasteiger charge is -2.19. The molecule has 0 aromatic heterocycles. The highest BCUT2D eigenvalue weighted by molar-refractivity contribution is 5.40. The second-order valence-corrected chi connectivity index (χ2v) is 3.71. The summed E-state index contributed by atoms with van der Waals surface area (Å²) in [6.45, 7) is -0.204. The summed E-state index contributed by atoms with van der Waals surface area (Å²) in [7, 11) is 1.10. The van der Waals surface area contributed by atoms with Crippen LogP contribution in [-0.4, -0.2) is 30.0 Å². The van der Waals surface area contributed by atoms with Crippen LogP contribution in [0.4, 0.5) is 13.2 Å². The van der Waals surface area contributed by atoms with E-state index in [0.717, 1.165) is 25.3 Å². The number of alkyl halides is 3. The third-order valence-electron chi connectivity index (χ3n) is 2.48. The van der Waals surface area contributed by atoms with Gasteiger partial charge >= 0.3 is 6.18 Å². The van der Waals surface area contributed by atoms with E-state index in [0.29, 0.717) is 0 Å². The highest BCUT2D eigenvalue weighted by Gasteiger charge is 2.34. The van der Waals surface area contributed by atoms with Gasteiger partial charge in [-0.1, -0.05) is 6.07 Å². The third-order valence-corrected chi connectivity index (χ3v) is 2.48. The SMILES string of the molecule is COc1cc(C(O)C(O)CN)ccc1C(F)(F)F. The van der Waals surface area contributed by atoms with Crippen LogP contribution >= 0.6 is 0 Å². The van der Waals surface area contributed by atoms with E-state index in [1.807, 2.05) is 0 Å². The number of benzene rings is 1. The van der Waals surface area contributed by atoms with Crippen molar-refractivity contribution in [2.75, 3.05) is 13.7 Å². The minimum Gasteiger partial charge on any atom is -0.496 e. The standard InChI is InChI=1S/C11H14F3NO3/c1-18-9-4-6(10(17)8(16)5-15)2-3-7(9)11(12,13)14/h2-4,8,10,16-17H,5,15H2,1H3. The molecule has 4 N–H and O–H groups in total. The minimum absolute atomic E-state index is 0.109. The third kappa shape index (κ3) is 3.12. The van der Waals surface area contributed by atoms with E-state index in [1.54, 1.807) is 0 Å². The van der Waals surface area contributed by atoms with Crippen molar-refractivity contribution in [3.63, 3.8) is 0 Å². The van der Waals surface area contributed by atoms with E-state index < -0.39 is 29.7 Å². The molecule has 7 heteroatoms. The highest BCUT2D eigenvalue weighted by atomic mass is 19.4. The number of nitrogens with two attached hydrogens (primary N) is 1. The Morgan fingerprint density at radius 3 is 2.39 bits per heavy atom. The summed E-state index contributed by atoms with van der Waals surface area (Å²) >= 11 is 0. The fourth-order valence-corrected chi connectivity index (χ4v) is 1.48. The molecule has 0 aliphatic heterocycles. The molecule has 0 heterocycles. The first-order chi connectivity index (χ1) is 8.31. The number of aliphatic hydroxyl groups is 2. The fraction of sp³-hybridized carbons (Fsp3) is 0.455. The van der Waals surface area contributed by atoms with Crippen molar-refractivity contribution < 1.29 is 28.1 Å². The van der Waals surface area contributed by atoms with Crippen LogP contribution in [0.25, 0.3) is 0 Å². The number of rotatable bonds is 4. The molecule has 0 aliphatic rings. The van der Waals surface area contributed by atoms with Gasteiger partial charge in [-0.15, -0.1) is 0 Å². The molecular formula is C11H14F3NO3. The topological polar surface area (TPSA) is 75.7 Å².